The Morgan fingerprint density at radius 2 is 2.22 bits per heavy atom. The average Bonchev–Trinajstić information content (AvgIpc) is 2.36. The molecule has 0 aliphatic rings. The maximum absolute atomic E-state index is 11.5. The number of ether oxygens (including phenoxy) is 1. The second-order valence-electron chi connectivity index (χ2n) is 4.39. The van der Waals surface area contributed by atoms with E-state index < -0.39 is 0 Å². The molecule has 18 heavy (non-hydrogen) atoms. The summed E-state index contributed by atoms with van der Waals surface area (Å²) in [5.41, 5.74) is 8.79. The highest BCUT2D eigenvalue weighted by Crippen LogP contribution is 2.14. The minimum Gasteiger partial charge on any atom is -0.399 e. The van der Waals surface area contributed by atoms with E-state index in [0.717, 1.165) is 29.7 Å². The second kappa shape index (κ2) is 7.71. The topological polar surface area (TPSA) is 64.3 Å². The SMILES string of the molecule is COCCCNC(=O)CCc1ccc(C)c(N)c1. The Balaban J connectivity index is 2.27. The van der Waals surface area contributed by atoms with Gasteiger partial charge in [0.2, 0.25) is 5.91 Å². The molecule has 0 aliphatic heterocycles. The first-order valence-corrected chi connectivity index (χ1v) is 6.24. The molecule has 1 amide bonds. The van der Waals surface area contributed by atoms with Crippen molar-refractivity contribution in [3.63, 3.8) is 0 Å². The Bertz CT molecular complexity index is 391. The number of carbonyl (C=O) groups is 1. The average molecular weight is 250 g/mol. The molecule has 0 saturated heterocycles. The number of carbonyl (C=O) groups excluding carboxylic acids is 1. The molecule has 3 N–H and O–H groups in total. The van der Waals surface area contributed by atoms with Crippen LogP contribution in [0.15, 0.2) is 18.2 Å². The van der Waals surface area contributed by atoms with Gasteiger partial charge in [-0.05, 0) is 37.0 Å². The number of benzene rings is 1. The van der Waals surface area contributed by atoms with Crippen molar-refractivity contribution in [2.75, 3.05) is 26.0 Å². The zero-order valence-electron chi connectivity index (χ0n) is 11.2. The third-order valence-electron chi connectivity index (χ3n) is 2.83. The third-order valence-corrected chi connectivity index (χ3v) is 2.83. The van der Waals surface area contributed by atoms with E-state index >= 15 is 0 Å². The summed E-state index contributed by atoms with van der Waals surface area (Å²) in [4.78, 5) is 11.5. The number of hydrogen-bond acceptors (Lipinski definition) is 3. The molecule has 0 unspecified atom stereocenters. The Kier molecular flexibility index (Phi) is 6.22. The van der Waals surface area contributed by atoms with Crippen LogP contribution in [0, 0.1) is 6.92 Å². The zero-order valence-corrected chi connectivity index (χ0v) is 11.2. The van der Waals surface area contributed by atoms with Crippen LogP contribution in [0.2, 0.25) is 0 Å². The quantitative estimate of drug-likeness (QED) is 0.571. The lowest BCUT2D eigenvalue weighted by Gasteiger charge is -2.06. The standard InChI is InChI=1S/C14H22N2O2/c1-11-4-5-12(10-13(11)15)6-7-14(17)16-8-3-9-18-2/h4-5,10H,3,6-9,15H2,1-2H3,(H,16,17). The highest BCUT2D eigenvalue weighted by molar-refractivity contribution is 5.76. The van der Waals surface area contributed by atoms with Gasteiger partial charge in [-0.25, -0.2) is 0 Å². The summed E-state index contributed by atoms with van der Waals surface area (Å²) >= 11 is 0. The Labute approximate surface area is 109 Å². The number of aryl methyl sites for hydroxylation is 2. The summed E-state index contributed by atoms with van der Waals surface area (Å²) in [6, 6.07) is 5.94. The fraction of sp³-hybridized carbons (Fsp3) is 0.500. The highest BCUT2D eigenvalue weighted by atomic mass is 16.5. The maximum Gasteiger partial charge on any atom is 0.220 e. The van der Waals surface area contributed by atoms with E-state index in [1.807, 2.05) is 25.1 Å². The molecule has 0 spiro atoms. The minimum absolute atomic E-state index is 0.0743. The van der Waals surface area contributed by atoms with Gasteiger partial charge in [-0.15, -0.1) is 0 Å². The van der Waals surface area contributed by atoms with Gasteiger partial charge in [-0.1, -0.05) is 12.1 Å². The number of methoxy groups -OCH3 is 1. The number of amides is 1. The maximum atomic E-state index is 11.5. The lowest BCUT2D eigenvalue weighted by molar-refractivity contribution is -0.121. The normalized spacial score (nSPS) is 10.3. The van der Waals surface area contributed by atoms with E-state index in [0.29, 0.717) is 19.6 Å². The molecule has 1 aromatic carbocycles. The molecule has 100 valence electrons. The van der Waals surface area contributed by atoms with Crippen LogP contribution in [-0.4, -0.2) is 26.2 Å². The molecule has 0 radical (unpaired) electrons. The fourth-order valence-corrected chi connectivity index (χ4v) is 1.64. The van der Waals surface area contributed by atoms with Crippen molar-refractivity contribution in [1.82, 2.24) is 5.32 Å². The minimum atomic E-state index is 0.0743. The lowest BCUT2D eigenvalue weighted by Crippen LogP contribution is -2.25. The molecule has 1 aromatic rings. The van der Waals surface area contributed by atoms with E-state index in [1.54, 1.807) is 7.11 Å². The van der Waals surface area contributed by atoms with E-state index in [-0.39, 0.29) is 5.91 Å². The molecular formula is C14H22N2O2. The van der Waals surface area contributed by atoms with Crippen LogP contribution < -0.4 is 11.1 Å². The van der Waals surface area contributed by atoms with Crippen molar-refractivity contribution in [2.45, 2.75) is 26.2 Å². The van der Waals surface area contributed by atoms with Gasteiger partial charge in [0.05, 0.1) is 0 Å². The van der Waals surface area contributed by atoms with Gasteiger partial charge in [0, 0.05) is 32.4 Å². The third kappa shape index (κ3) is 5.19. The van der Waals surface area contributed by atoms with Crippen molar-refractivity contribution < 1.29 is 9.53 Å². The predicted molar refractivity (Wildman–Crippen MR) is 73.4 cm³/mol. The molecule has 0 heterocycles. The van der Waals surface area contributed by atoms with Gasteiger partial charge in [0.1, 0.15) is 0 Å². The van der Waals surface area contributed by atoms with Gasteiger partial charge >= 0.3 is 0 Å². The summed E-state index contributed by atoms with van der Waals surface area (Å²) in [6.45, 7) is 3.32. The molecule has 1 rings (SSSR count). The van der Waals surface area contributed by atoms with Gasteiger partial charge in [0.25, 0.3) is 0 Å². The van der Waals surface area contributed by atoms with Gasteiger partial charge in [-0.3, -0.25) is 4.79 Å². The number of hydrogen-bond donors (Lipinski definition) is 2. The van der Waals surface area contributed by atoms with Gasteiger partial charge < -0.3 is 15.8 Å². The molecule has 0 aliphatic carbocycles. The van der Waals surface area contributed by atoms with E-state index in [4.69, 9.17) is 10.5 Å². The predicted octanol–water partition coefficient (Wildman–Crippen LogP) is 1.66. The van der Waals surface area contributed by atoms with Crippen molar-refractivity contribution in [1.29, 1.82) is 0 Å². The molecule has 0 fully saturated rings. The lowest BCUT2D eigenvalue weighted by atomic mass is 10.1. The van der Waals surface area contributed by atoms with E-state index in [9.17, 15) is 4.79 Å². The van der Waals surface area contributed by atoms with Crippen LogP contribution in [0.5, 0.6) is 0 Å². The molecule has 4 nitrogen and oxygen atoms in total. The summed E-state index contributed by atoms with van der Waals surface area (Å²) in [7, 11) is 1.66. The van der Waals surface area contributed by atoms with Crippen molar-refractivity contribution in [2.24, 2.45) is 0 Å². The van der Waals surface area contributed by atoms with E-state index in [1.165, 1.54) is 0 Å². The van der Waals surface area contributed by atoms with Crippen LogP contribution in [0.4, 0.5) is 5.69 Å². The molecule has 0 aromatic heterocycles. The van der Waals surface area contributed by atoms with Crippen molar-refractivity contribution in [3.05, 3.63) is 29.3 Å². The Morgan fingerprint density at radius 3 is 2.89 bits per heavy atom. The number of anilines is 1. The van der Waals surface area contributed by atoms with Crippen LogP contribution in [0.25, 0.3) is 0 Å². The van der Waals surface area contributed by atoms with Crippen LogP contribution in [0.3, 0.4) is 0 Å². The largest absolute Gasteiger partial charge is 0.399 e. The van der Waals surface area contributed by atoms with Gasteiger partial charge in [0.15, 0.2) is 0 Å². The first kappa shape index (κ1) is 14.5. The van der Waals surface area contributed by atoms with Crippen molar-refractivity contribution in [3.8, 4) is 0 Å². The first-order chi connectivity index (χ1) is 8.63. The van der Waals surface area contributed by atoms with Gasteiger partial charge in [-0.2, -0.15) is 0 Å². The molecular weight excluding hydrogens is 228 g/mol. The summed E-state index contributed by atoms with van der Waals surface area (Å²) in [6.07, 6.45) is 2.07. The Morgan fingerprint density at radius 1 is 1.44 bits per heavy atom. The Hall–Kier alpha value is -1.55. The highest BCUT2D eigenvalue weighted by Gasteiger charge is 2.03. The number of nitrogens with one attached hydrogen (secondary N) is 1. The van der Waals surface area contributed by atoms with Crippen LogP contribution >= 0.6 is 0 Å². The van der Waals surface area contributed by atoms with Crippen LogP contribution in [-0.2, 0) is 16.0 Å². The zero-order chi connectivity index (χ0) is 13.4. The molecule has 0 atom stereocenters. The summed E-state index contributed by atoms with van der Waals surface area (Å²) in [5.74, 6) is 0.0743. The van der Waals surface area contributed by atoms with Crippen molar-refractivity contribution >= 4 is 11.6 Å². The number of nitrogens with two attached hydrogens (primary N) is 1. The van der Waals surface area contributed by atoms with E-state index in [2.05, 4.69) is 5.32 Å². The second-order valence-corrected chi connectivity index (χ2v) is 4.39. The monoisotopic (exact) mass is 250 g/mol. The summed E-state index contributed by atoms with van der Waals surface area (Å²) in [5, 5.41) is 2.86. The molecule has 0 saturated carbocycles. The number of nitrogen functional groups attached to an aromatic ring is 1. The fourth-order valence-electron chi connectivity index (χ4n) is 1.64. The van der Waals surface area contributed by atoms with Crippen LogP contribution in [0.1, 0.15) is 24.0 Å². The number of rotatable bonds is 7. The summed E-state index contributed by atoms with van der Waals surface area (Å²) < 4.78 is 4.91. The first-order valence-electron chi connectivity index (χ1n) is 6.24. The smallest absolute Gasteiger partial charge is 0.220 e. The molecule has 4 heteroatoms. The molecule has 0 bridgehead atoms.